The minimum atomic E-state index is -3.95. The van der Waals surface area contributed by atoms with E-state index in [0.717, 1.165) is 6.07 Å². The number of hydrogen-bond acceptors (Lipinski definition) is 5. The van der Waals surface area contributed by atoms with Crippen LogP contribution in [0.4, 0.5) is 5.69 Å². The SMILES string of the molecule is CC1CN(S(=O)(=O)c2ccc(Cl)c([N+](=O)[O-])c2Cl)CC1N. The molecule has 0 amide bonds. The van der Waals surface area contributed by atoms with Crippen molar-refractivity contribution in [3.63, 3.8) is 0 Å². The highest BCUT2D eigenvalue weighted by Gasteiger charge is 2.38. The van der Waals surface area contributed by atoms with Crippen molar-refractivity contribution in [2.24, 2.45) is 11.7 Å². The third-order valence-corrected chi connectivity index (χ3v) is 6.14. The van der Waals surface area contributed by atoms with Crippen molar-refractivity contribution >= 4 is 38.9 Å². The summed E-state index contributed by atoms with van der Waals surface area (Å²) >= 11 is 11.6. The van der Waals surface area contributed by atoms with E-state index in [4.69, 9.17) is 28.9 Å². The number of sulfonamides is 1. The quantitative estimate of drug-likeness (QED) is 0.659. The fraction of sp³-hybridized carbons (Fsp3) is 0.455. The van der Waals surface area contributed by atoms with Gasteiger partial charge in [-0.15, -0.1) is 0 Å². The fourth-order valence-corrected chi connectivity index (χ4v) is 4.61. The molecule has 0 radical (unpaired) electrons. The lowest BCUT2D eigenvalue weighted by Crippen LogP contribution is -2.32. The van der Waals surface area contributed by atoms with E-state index in [1.807, 2.05) is 6.92 Å². The third kappa shape index (κ3) is 2.86. The Bertz CT molecular complexity index is 685. The van der Waals surface area contributed by atoms with Crippen LogP contribution >= 0.6 is 23.2 Å². The first-order chi connectivity index (χ1) is 9.66. The van der Waals surface area contributed by atoms with Gasteiger partial charge in [0.05, 0.1) is 4.92 Å². The van der Waals surface area contributed by atoms with Crippen LogP contribution in [0.5, 0.6) is 0 Å². The summed E-state index contributed by atoms with van der Waals surface area (Å²) in [7, 11) is -3.95. The molecule has 2 atom stereocenters. The van der Waals surface area contributed by atoms with E-state index >= 15 is 0 Å². The highest BCUT2D eigenvalue weighted by Crippen LogP contribution is 2.38. The van der Waals surface area contributed by atoms with Gasteiger partial charge < -0.3 is 5.73 Å². The monoisotopic (exact) mass is 353 g/mol. The highest BCUT2D eigenvalue weighted by molar-refractivity contribution is 7.89. The largest absolute Gasteiger partial charge is 0.326 e. The number of benzene rings is 1. The lowest BCUT2D eigenvalue weighted by molar-refractivity contribution is -0.384. The molecule has 0 saturated carbocycles. The molecule has 2 unspecified atom stereocenters. The molecule has 0 spiro atoms. The van der Waals surface area contributed by atoms with Crippen LogP contribution in [0, 0.1) is 16.0 Å². The molecule has 1 aromatic rings. The lowest BCUT2D eigenvalue weighted by Gasteiger charge is -2.17. The maximum absolute atomic E-state index is 12.6. The summed E-state index contributed by atoms with van der Waals surface area (Å²) in [6, 6.07) is 2.04. The van der Waals surface area contributed by atoms with Crippen LogP contribution in [0.1, 0.15) is 6.92 Å². The second-order valence-corrected chi connectivity index (χ2v) is 7.62. The van der Waals surface area contributed by atoms with Gasteiger partial charge in [-0.2, -0.15) is 4.31 Å². The number of nitro groups is 1. The molecular formula is C11H13Cl2N3O4S. The lowest BCUT2D eigenvalue weighted by atomic mass is 10.1. The zero-order valence-corrected chi connectivity index (χ0v) is 13.3. The van der Waals surface area contributed by atoms with Crippen molar-refractivity contribution in [1.29, 1.82) is 0 Å². The van der Waals surface area contributed by atoms with Gasteiger partial charge in [0, 0.05) is 19.1 Å². The van der Waals surface area contributed by atoms with Crippen LogP contribution in [-0.4, -0.2) is 36.8 Å². The van der Waals surface area contributed by atoms with Gasteiger partial charge in [0.15, 0.2) is 0 Å². The van der Waals surface area contributed by atoms with Crippen molar-refractivity contribution in [2.45, 2.75) is 17.9 Å². The second kappa shape index (κ2) is 5.69. The summed E-state index contributed by atoms with van der Waals surface area (Å²) in [6.45, 7) is 2.23. The van der Waals surface area contributed by atoms with Gasteiger partial charge in [0.25, 0.3) is 0 Å². The second-order valence-electron chi connectivity index (χ2n) is 4.93. The normalized spacial score (nSPS) is 23.4. The summed E-state index contributed by atoms with van der Waals surface area (Å²) in [5.41, 5.74) is 5.20. The highest BCUT2D eigenvalue weighted by atomic mass is 35.5. The predicted octanol–water partition coefficient (Wildman–Crippen LogP) is 1.87. The Hall–Kier alpha value is -0.930. The van der Waals surface area contributed by atoms with E-state index in [9.17, 15) is 18.5 Å². The van der Waals surface area contributed by atoms with E-state index in [0.29, 0.717) is 0 Å². The Balaban J connectivity index is 2.52. The minimum absolute atomic E-state index is 0.000775. The van der Waals surface area contributed by atoms with Gasteiger partial charge in [-0.05, 0) is 18.1 Å². The minimum Gasteiger partial charge on any atom is -0.326 e. The molecule has 2 N–H and O–H groups in total. The van der Waals surface area contributed by atoms with E-state index in [1.54, 1.807) is 0 Å². The number of nitro benzene ring substituents is 1. The molecule has 2 rings (SSSR count). The summed E-state index contributed by atoms with van der Waals surface area (Å²) in [5.74, 6) is 0.000775. The predicted molar refractivity (Wildman–Crippen MR) is 79.0 cm³/mol. The third-order valence-electron chi connectivity index (χ3n) is 3.47. The van der Waals surface area contributed by atoms with E-state index < -0.39 is 25.7 Å². The van der Waals surface area contributed by atoms with Crippen molar-refractivity contribution in [3.8, 4) is 0 Å². The van der Waals surface area contributed by atoms with Gasteiger partial charge in [-0.3, -0.25) is 10.1 Å². The number of hydrogen-bond donors (Lipinski definition) is 1. The molecule has 1 saturated heterocycles. The fourth-order valence-electron chi connectivity index (χ4n) is 2.17. The van der Waals surface area contributed by atoms with Crippen molar-refractivity contribution < 1.29 is 13.3 Å². The van der Waals surface area contributed by atoms with Gasteiger partial charge in [-0.1, -0.05) is 30.1 Å². The zero-order valence-electron chi connectivity index (χ0n) is 11.0. The van der Waals surface area contributed by atoms with Crippen molar-refractivity contribution in [3.05, 3.63) is 32.3 Å². The summed E-state index contributed by atoms with van der Waals surface area (Å²) < 4.78 is 26.3. The number of halogens is 2. The Morgan fingerprint density at radius 1 is 1.38 bits per heavy atom. The Kier molecular flexibility index (Phi) is 4.46. The van der Waals surface area contributed by atoms with Crippen LogP contribution in [0.15, 0.2) is 17.0 Å². The van der Waals surface area contributed by atoms with E-state index in [-0.39, 0.29) is 35.0 Å². The Morgan fingerprint density at radius 2 is 2.00 bits per heavy atom. The average Bonchev–Trinajstić information content (AvgIpc) is 2.69. The first-order valence-electron chi connectivity index (χ1n) is 6.04. The molecule has 1 aliphatic heterocycles. The molecule has 1 heterocycles. The summed E-state index contributed by atoms with van der Waals surface area (Å²) in [4.78, 5) is 9.82. The molecule has 10 heteroatoms. The van der Waals surface area contributed by atoms with E-state index in [1.165, 1.54) is 10.4 Å². The first kappa shape index (κ1) is 16.4. The molecule has 116 valence electrons. The smallest absolute Gasteiger partial charge is 0.307 e. The topological polar surface area (TPSA) is 107 Å². The van der Waals surface area contributed by atoms with Crippen LogP contribution in [0.25, 0.3) is 0 Å². The molecular weight excluding hydrogens is 341 g/mol. The van der Waals surface area contributed by atoms with Gasteiger partial charge >= 0.3 is 5.69 Å². The molecule has 21 heavy (non-hydrogen) atoms. The van der Waals surface area contributed by atoms with Gasteiger partial charge in [0.1, 0.15) is 14.9 Å². The first-order valence-corrected chi connectivity index (χ1v) is 8.24. The molecule has 0 bridgehead atoms. The average molecular weight is 354 g/mol. The maximum atomic E-state index is 12.6. The molecule has 0 aliphatic carbocycles. The molecule has 7 nitrogen and oxygen atoms in total. The zero-order chi connectivity index (χ0) is 15.9. The van der Waals surface area contributed by atoms with Crippen molar-refractivity contribution in [1.82, 2.24) is 4.31 Å². The van der Waals surface area contributed by atoms with Gasteiger partial charge in [-0.25, -0.2) is 8.42 Å². The van der Waals surface area contributed by atoms with Gasteiger partial charge in [0.2, 0.25) is 10.0 Å². The van der Waals surface area contributed by atoms with Crippen LogP contribution in [0.2, 0.25) is 10.0 Å². The summed E-state index contributed by atoms with van der Waals surface area (Å²) in [5, 5.41) is 10.3. The number of nitrogens with two attached hydrogens (primary N) is 1. The standard InChI is InChI=1S/C11H13Cl2N3O4S/c1-6-4-15(5-8(6)14)21(19,20)9-3-2-7(12)11(10(9)13)16(17)18/h2-3,6,8H,4-5,14H2,1H3. The number of rotatable bonds is 3. The van der Waals surface area contributed by atoms with Crippen molar-refractivity contribution in [2.75, 3.05) is 13.1 Å². The van der Waals surface area contributed by atoms with Crippen LogP contribution in [0.3, 0.4) is 0 Å². The molecule has 0 aromatic heterocycles. The Morgan fingerprint density at radius 3 is 2.48 bits per heavy atom. The maximum Gasteiger partial charge on any atom is 0.307 e. The Labute approximate surface area is 131 Å². The van der Waals surface area contributed by atoms with Crippen LogP contribution < -0.4 is 5.73 Å². The molecule has 1 fully saturated rings. The molecule has 1 aromatic carbocycles. The summed E-state index contributed by atoms with van der Waals surface area (Å²) in [6.07, 6.45) is 0. The number of nitrogens with zero attached hydrogens (tertiary/aromatic N) is 2. The molecule has 1 aliphatic rings. The van der Waals surface area contributed by atoms with Crippen LogP contribution in [-0.2, 0) is 10.0 Å². The van der Waals surface area contributed by atoms with E-state index in [2.05, 4.69) is 0 Å².